The average Bonchev–Trinajstić information content (AvgIpc) is 2.84. The molecule has 0 fully saturated rings. The molecule has 0 aliphatic heterocycles. The van der Waals surface area contributed by atoms with Crippen LogP contribution in [-0.4, -0.2) is 39.2 Å². The van der Waals surface area contributed by atoms with Crippen LogP contribution in [-0.2, 0) is 4.79 Å². The molecule has 2 aromatic rings. The fraction of sp³-hybridized carbons (Fsp3) is 0.333. The fourth-order valence-electron chi connectivity index (χ4n) is 1.46. The molecule has 96 valence electrons. The number of hydrogen-bond acceptors (Lipinski definition) is 7. The van der Waals surface area contributed by atoms with E-state index in [1.807, 2.05) is 6.92 Å². The van der Waals surface area contributed by atoms with Gasteiger partial charge in [-0.25, -0.2) is 5.84 Å². The van der Waals surface area contributed by atoms with Gasteiger partial charge in [0.1, 0.15) is 5.82 Å². The van der Waals surface area contributed by atoms with Gasteiger partial charge in [-0.2, -0.15) is 15.1 Å². The van der Waals surface area contributed by atoms with E-state index in [1.165, 1.54) is 0 Å². The molecule has 6 N–H and O–H groups in total. The first-order valence-electron chi connectivity index (χ1n) is 5.43. The van der Waals surface area contributed by atoms with Crippen molar-refractivity contribution in [1.82, 2.24) is 25.5 Å². The van der Waals surface area contributed by atoms with Crippen molar-refractivity contribution in [3.63, 3.8) is 0 Å². The van der Waals surface area contributed by atoms with Gasteiger partial charge >= 0.3 is 0 Å². The lowest BCUT2D eigenvalue weighted by molar-refractivity contribution is -0.119. The Balaban J connectivity index is 2.20. The molecule has 0 saturated heterocycles. The van der Waals surface area contributed by atoms with E-state index in [4.69, 9.17) is 5.84 Å². The second kappa shape index (κ2) is 5.27. The maximum Gasteiger partial charge on any atom is 0.241 e. The standard InChI is InChI=1S/C9H14N8O/c1-2-11-6(18)4-12-7-5-3-13-17-8(5)15-9(14-7)16-10/h3H,2,4,10H2,1H3,(H,11,18)(H3,12,13,14,15,16,17). The van der Waals surface area contributed by atoms with Crippen LogP contribution in [0.3, 0.4) is 0 Å². The summed E-state index contributed by atoms with van der Waals surface area (Å²) in [6.45, 7) is 2.56. The number of hydrogen-bond donors (Lipinski definition) is 5. The largest absolute Gasteiger partial charge is 0.360 e. The van der Waals surface area contributed by atoms with Crippen molar-refractivity contribution < 1.29 is 4.79 Å². The van der Waals surface area contributed by atoms with E-state index in [9.17, 15) is 4.79 Å². The molecule has 0 unspecified atom stereocenters. The van der Waals surface area contributed by atoms with Gasteiger partial charge in [0.15, 0.2) is 5.65 Å². The monoisotopic (exact) mass is 250 g/mol. The van der Waals surface area contributed by atoms with Gasteiger partial charge in [0.25, 0.3) is 0 Å². The summed E-state index contributed by atoms with van der Waals surface area (Å²) in [5.74, 6) is 5.88. The maximum atomic E-state index is 11.4. The van der Waals surface area contributed by atoms with E-state index >= 15 is 0 Å². The molecule has 0 bridgehead atoms. The summed E-state index contributed by atoms with van der Waals surface area (Å²) in [5, 5.41) is 12.9. The molecular weight excluding hydrogens is 236 g/mol. The number of likely N-dealkylation sites (N-methyl/N-ethyl adjacent to an activating group) is 1. The molecule has 18 heavy (non-hydrogen) atoms. The van der Waals surface area contributed by atoms with Crippen molar-refractivity contribution in [1.29, 1.82) is 0 Å². The van der Waals surface area contributed by atoms with Crippen LogP contribution in [0.2, 0.25) is 0 Å². The Labute approximate surface area is 103 Å². The number of nitrogens with two attached hydrogens (primary N) is 1. The van der Waals surface area contributed by atoms with Crippen LogP contribution in [0, 0.1) is 0 Å². The van der Waals surface area contributed by atoms with Gasteiger partial charge in [-0.3, -0.25) is 15.3 Å². The summed E-state index contributed by atoms with van der Waals surface area (Å²) in [5.41, 5.74) is 2.89. The highest BCUT2D eigenvalue weighted by Crippen LogP contribution is 2.18. The lowest BCUT2D eigenvalue weighted by atomic mass is 10.4. The number of nitrogens with zero attached hydrogens (tertiary/aromatic N) is 3. The number of fused-ring (bicyclic) bond motifs is 1. The third-order valence-electron chi connectivity index (χ3n) is 2.23. The van der Waals surface area contributed by atoms with Gasteiger partial charge in [0.2, 0.25) is 11.9 Å². The first-order chi connectivity index (χ1) is 8.74. The molecule has 9 heteroatoms. The Bertz CT molecular complexity index is 550. The van der Waals surface area contributed by atoms with Crippen molar-refractivity contribution in [2.45, 2.75) is 6.92 Å². The van der Waals surface area contributed by atoms with Crippen LogP contribution < -0.4 is 21.9 Å². The quantitative estimate of drug-likeness (QED) is 0.346. The predicted molar refractivity (Wildman–Crippen MR) is 66.7 cm³/mol. The number of nitrogen functional groups attached to an aromatic ring is 1. The van der Waals surface area contributed by atoms with E-state index in [0.717, 1.165) is 0 Å². The number of H-pyrrole nitrogens is 1. The number of rotatable bonds is 5. The summed E-state index contributed by atoms with van der Waals surface area (Å²) >= 11 is 0. The van der Waals surface area contributed by atoms with Crippen molar-refractivity contribution in [2.75, 3.05) is 23.8 Å². The minimum atomic E-state index is -0.116. The van der Waals surface area contributed by atoms with Crippen LogP contribution in [0.25, 0.3) is 11.0 Å². The minimum Gasteiger partial charge on any atom is -0.360 e. The lowest BCUT2D eigenvalue weighted by Crippen LogP contribution is -2.29. The molecule has 0 aliphatic rings. The van der Waals surface area contributed by atoms with Crippen LogP contribution in [0.1, 0.15) is 6.92 Å². The predicted octanol–water partition coefficient (Wildman–Crippen LogP) is -0.813. The summed E-state index contributed by atoms with van der Waals surface area (Å²) < 4.78 is 0. The van der Waals surface area contributed by atoms with Gasteiger partial charge in [-0.15, -0.1) is 0 Å². The number of aromatic amines is 1. The van der Waals surface area contributed by atoms with Crippen LogP contribution >= 0.6 is 0 Å². The van der Waals surface area contributed by atoms with Gasteiger partial charge in [-0.05, 0) is 6.92 Å². The molecule has 1 amide bonds. The zero-order valence-corrected chi connectivity index (χ0v) is 9.82. The van der Waals surface area contributed by atoms with E-state index in [2.05, 4.69) is 36.2 Å². The van der Waals surface area contributed by atoms with E-state index in [-0.39, 0.29) is 18.4 Å². The smallest absolute Gasteiger partial charge is 0.241 e. The van der Waals surface area contributed by atoms with Gasteiger partial charge in [0.05, 0.1) is 18.1 Å². The Morgan fingerprint density at radius 3 is 3.06 bits per heavy atom. The summed E-state index contributed by atoms with van der Waals surface area (Å²) in [6.07, 6.45) is 1.58. The van der Waals surface area contributed by atoms with Gasteiger partial charge in [-0.1, -0.05) is 0 Å². The topological polar surface area (TPSA) is 134 Å². The maximum absolute atomic E-state index is 11.4. The van der Waals surface area contributed by atoms with Crippen molar-refractivity contribution in [2.24, 2.45) is 5.84 Å². The Morgan fingerprint density at radius 2 is 2.33 bits per heavy atom. The molecule has 0 aliphatic carbocycles. The normalized spacial score (nSPS) is 10.3. The van der Waals surface area contributed by atoms with Crippen molar-refractivity contribution in [3.05, 3.63) is 6.20 Å². The first kappa shape index (κ1) is 12.0. The number of carbonyl (C=O) groups is 1. The highest BCUT2D eigenvalue weighted by atomic mass is 16.1. The third kappa shape index (κ3) is 2.46. The number of carbonyl (C=O) groups excluding carboxylic acids is 1. The van der Waals surface area contributed by atoms with E-state index in [0.29, 0.717) is 23.4 Å². The van der Waals surface area contributed by atoms with Crippen LogP contribution in [0.15, 0.2) is 6.20 Å². The summed E-state index contributed by atoms with van der Waals surface area (Å²) in [7, 11) is 0. The number of nitrogens with one attached hydrogen (secondary N) is 4. The molecule has 0 spiro atoms. The van der Waals surface area contributed by atoms with Gasteiger partial charge in [0, 0.05) is 6.54 Å². The molecule has 0 aromatic carbocycles. The van der Waals surface area contributed by atoms with Crippen molar-refractivity contribution in [3.8, 4) is 0 Å². The Morgan fingerprint density at radius 1 is 1.50 bits per heavy atom. The Kier molecular flexibility index (Phi) is 3.53. The number of aromatic nitrogens is 4. The first-order valence-corrected chi connectivity index (χ1v) is 5.43. The summed E-state index contributed by atoms with van der Waals surface area (Å²) in [4.78, 5) is 19.6. The molecule has 2 heterocycles. The highest BCUT2D eigenvalue weighted by molar-refractivity contribution is 5.89. The molecular formula is C9H14N8O. The third-order valence-corrected chi connectivity index (χ3v) is 2.23. The number of amides is 1. The SMILES string of the molecule is CCNC(=O)CNc1nc(NN)nc2[nH]ncc12. The minimum absolute atomic E-state index is 0.116. The van der Waals surface area contributed by atoms with Crippen molar-refractivity contribution >= 4 is 28.7 Å². The van der Waals surface area contributed by atoms with Gasteiger partial charge < -0.3 is 10.6 Å². The lowest BCUT2D eigenvalue weighted by Gasteiger charge is -2.07. The fourth-order valence-corrected chi connectivity index (χ4v) is 1.46. The average molecular weight is 250 g/mol. The van der Waals surface area contributed by atoms with Crippen LogP contribution in [0.4, 0.5) is 11.8 Å². The molecule has 0 saturated carbocycles. The summed E-state index contributed by atoms with van der Waals surface area (Å²) in [6, 6.07) is 0. The molecule has 2 aromatic heterocycles. The zero-order valence-electron chi connectivity index (χ0n) is 9.82. The van der Waals surface area contributed by atoms with E-state index in [1.54, 1.807) is 6.20 Å². The van der Waals surface area contributed by atoms with E-state index < -0.39 is 0 Å². The molecule has 0 radical (unpaired) electrons. The number of hydrazine groups is 1. The molecule has 0 atom stereocenters. The zero-order chi connectivity index (χ0) is 13.0. The highest BCUT2D eigenvalue weighted by Gasteiger charge is 2.09. The second-order valence-corrected chi connectivity index (χ2v) is 3.48. The van der Waals surface area contributed by atoms with Crippen LogP contribution in [0.5, 0.6) is 0 Å². The number of anilines is 2. The Hall–Kier alpha value is -2.42. The second-order valence-electron chi connectivity index (χ2n) is 3.48. The molecule has 9 nitrogen and oxygen atoms in total. The molecule has 2 rings (SSSR count).